The zero-order valence-corrected chi connectivity index (χ0v) is 11.5. The Kier molecular flexibility index (Phi) is 3.26. The minimum Gasteiger partial charge on any atom is -0.289 e. The summed E-state index contributed by atoms with van der Waals surface area (Å²) in [5.41, 5.74) is 1.55. The van der Waals surface area contributed by atoms with Crippen molar-refractivity contribution in [3.05, 3.63) is 55.7 Å². The lowest BCUT2D eigenvalue weighted by atomic mass is 10.0. The van der Waals surface area contributed by atoms with Crippen LogP contribution in [0.15, 0.2) is 34.8 Å². The maximum atomic E-state index is 12.2. The van der Waals surface area contributed by atoms with Crippen molar-refractivity contribution in [3.63, 3.8) is 0 Å². The molecule has 0 unspecified atom stereocenters. The van der Waals surface area contributed by atoms with Crippen LogP contribution in [0.3, 0.4) is 0 Å². The third kappa shape index (κ3) is 2.25. The second-order valence-corrected chi connectivity index (χ2v) is 6.04. The Morgan fingerprint density at radius 1 is 1.25 bits per heavy atom. The fourth-order valence-corrected chi connectivity index (χ4v) is 2.96. The normalized spacial score (nSPS) is 10.4. The van der Waals surface area contributed by atoms with Crippen molar-refractivity contribution in [1.29, 1.82) is 0 Å². The smallest absolute Gasteiger partial charge is 0.194 e. The summed E-state index contributed by atoms with van der Waals surface area (Å²) in [4.78, 5) is 14.5. The Morgan fingerprint density at radius 2 is 2.00 bits per heavy atom. The number of benzene rings is 1. The van der Waals surface area contributed by atoms with Crippen molar-refractivity contribution in [3.8, 4) is 0 Å². The molecule has 0 radical (unpaired) electrons. The van der Waals surface area contributed by atoms with E-state index >= 15 is 0 Å². The van der Waals surface area contributed by atoms with Crippen molar-refractivity contribution in [2.45, 2.75) is 13.8 Å². The average Bonchev–Trinajstić information content (AvgIpc) is 2.57. The van der Waals surface area contributed by atoms with Gasteiger partial charge in [0.05, 0.1) is 0 Å². The largest absolute Gasteiger partial charge is 0.289 e. The minimum atomic E-state index is 0.100. The van der Waals surface area contributed by atoms with E-state index in [9.17, 15) is 4.79 Å². The van der Waals surface area contributed by atoms with Crippen molar-refractivity contribution >= 4 is 33.0 Å². The first-order chi connectivity index (χ1) is 7.58. The van der Waals surface area contributed by atoms with Gasteiger partial charge in [0.15, 0.2) is 5.78 Å². The predicted molar refractivity (Wildman–Crippen MR) is 71.4 cm³/mol. The van der Waals surface area contributed by atoms with Gasteiger partial charge in [-0.05, 0) is 32.0 Å². The van der Waals surface area contributed by atoms with Crippen LogP contribution in [0.2, 0.25) is 0 Å². The van der Waals surface area contributed by atoms with Crippen LogP contribution in [0.5, 0.6) is 0 Å². The summed E-state index contributed by atoms with van der Waals surface area (Å²) in [6.45, 7) is 4.01. The van der Waals surface area contributed by atoms with E-state index < -0.39 is 0 Å². The van der Waals surface area contributed by atoms with Gasteiger partial charge < -0.3 is 0 Å². The number of ketones is 1. The number of carbonyl (C=O) groups is 1. The van der Waals surface area contributed by atoms with Crippen LogP contribution < -0.4 is 0 Å². The zero-order valence-electron chi connectivity index (χ0n) is 9.08. The van der Waals surface area contributed by atoms with Crippen molar-refractivity contribution < 1.29 is 4.79 Å². The maximum Gasteiger partial charge on any atom is 0.194 e. The fourth-order valence-electron chi connectivity index (χ4n) is 1.64. The molecule has 0 N–H and O–H groups in total. The van der Waals surface area contributed by atoms with Gasteiger partial charge in [0.2, 0.25) is 0 Å². The van der Waals surface area contributed by atoms with Crippen molar-refractivity contribution in [2.75, 3.05) is 0 Å². The van der Waals surface area contributed by atoms with E-state index in [2.05, 4.69) is 15.9 Å². The number of thiophene rings is 1. The molecule has 1 aromatic heterocycles. The Morgan fingerprint density at radius 3 is 2.56 bits per heavy atom. The van der Waals surface area contributed by atoms with Gasteiger partial charge in [-0.2, -0.15) is 0 Å². The highest BCUT2D eigenvalue weighted by molar-refractivity contribution is 9.10. The van der Waals surface area contributed by atoms with Crippen molar-refractivity contribution in [1.82, 2.24) is 0 Å². The van der Waals surface area contributed by atoms with Crippen LogP contribution in [0.25, 0.3) is 0 Å². The highest BCUT2D eigenvalue weighted by Gasteiger charge is 2.13. The fraction of sp³-hybridized carbons (Fsp3) is 0.154. The maximum absolute atomic E-state index is 12.2. The molecule has 0 atom stereocenters. The lowest BCUT2D eigenvalue weighted by Gasteiger charge is -2.00. The standard InChI is InChI=1S/C13H11BrOS/c1-8-6-12(9(2)16-8)13(15)10-4-3-5-11(14)7-10/h3-7H,1-2H3. The zero-order chi connectivity index (χ0) is 11.7. The summed E-state index contributed by atoms with van der Waals surface area (Å²) in [5, 5.41) is 0. The molecule has 2 aromatic rings. The third-order valence-corrected chi connectivity index (χ3v) is 3.83. The molecule has 82 valence electrons. The molecule has 0 saturated heterocycles. The first kappa shape index (κ1) is 11.6. The second kappa shape index (κ2) is 4.52. The lowest BCUT2D eigenvalue weighted by Crippen LogP contribution is -2.00. The predicted octanol–water partition coefficient (Wildman–Crippen LogP) is 4.36. The van der Waals surface area contributed by atoms with Crippen LogP contribution >= 0.6 is 27.3 Å². The van der Waals surface area contributed by atoms with Gasteiger partial charge in [0.1, 0.15) is 0 Å². The molecule has 1 aromatic carbocycles. The molecule has 0 saturated carbocycles. The van der Waals surface area contributed by atoms with Gasteiger partial charge in [-0.15, -0.1) is 11.3 Å². The molecule has 0 bridgehead atoms. The summed E-state index contributed by atoms with van der Waals surface area (Å²) in [6, 6.07) is 9.46. The highest BCUT2D eigenvalue weighted by atomic mass is 79.9. The number of hydrogen-bond donors (Lipinski definition) is 0. The average molecular weight is 295 g/mol. The van der Waals surface area contributed by atoms with E-state index in [0.717, 1.165) is 20.5 Å². The molecule has 16 heavy (non-hydrogen) atoms. The molecule has 0 fully saturated rings. The second-order valence-electron chi connectivity index (χ2n) is 3.67. The first-order valence-electron chi connectivity index (χ1n) is 4.95. The van der Waals surface area contributed by atoms with E-state index in [4.69, 9.17) is 0 Å². The number of carbonyl (C=O) groups excluding carboxylic acids is 1. The summed E-state index contributed by atoms with van der Waals surface area (Å²) in [7, 11) is 0. The Balaban J connectivity index is 2.43. The van der Waals surface area contributed by atoms with Gasteiger partial charge in [-0.25, -0.2) is 0 Å². The highest BCUT2D eigenvalue weighted by Crippen LogP contribution is 2.24. The van der Waals surface area contributed by atoms with E-state index in [1.54, 1.807) is 11.3 Å². The molecular formula is C13H11BrOS. The van der Waals surface area contributed by atoms with Gasteiger partial charge in [-0.3, -0.25) is 4.79 Å². The SMILES string of the molecule is Cc1cc(C(=O)c2cccc(Br)c2)c(C)s1. The molecule has 0 aliphatic carbocycles. The van der Waals surface area contributed by atoms with E-state index in [0.29, 0.717) is 0 Å². The first-order valence-corrected chi connectivity index (χ1v) is 6.56. The topological polar surface area (TPSA) is 17.1 Å². The van der Waals surface area contributed by atoms with Gasteiger partial charge in [0, 0.05) is 25.4 Å². The molecule has 3 heteroatoms. The third-order valence-electron chi connectivity index (χ3n) is 2.37. The van der Waals surface area contributed by atoms with Crippen LogP contribution in [-0.2, 0) is 0 Å². The van der Waals surface area contributed by atoms with Crippen molar-refractivity contribution in [2.24, 2.45) is 0 Å². The molecule has 2 rings (SSSR count). The Labute approximate surface area is 107 Å². The van der Waals surface area contributed by atoms with Crippen LogP contribution in [0, 0.1) is 13.8 Å². The molecule has 0 aliphatic rings. The molecule has 1 nitrogen and oxygen atoms in total. The lowest BCUT2D eigenvalue weighted by molar-refractivity contribution is 0.103. The van der Waals surface area contributed by atoms with E-state index in [-0.39, 0.29) is 5.78 Å². The minimum absolute atomic E-state index is 0.100. The molecule has 1 heterocycles. The van der Waals surface area contributed by atoms with Crippen LogP contribution in [-0.4, -0.2) is 5.78 Å². The summed E-state index contributed by atoms with van der Waals surface area (Å²) < 4.78 is 0.933. The van der Waals surface area contributed by atoms with E-state index in [1.165, 1.54) is 4.88 Å². The van der Waals surface area contributed by atoms with E-state index in [1.807, 2.05) is 44.2 Å². The summed E-state index contributed by atoms with van der Waals surface area (Å²) in [6.07, 6.45) is 0. The van der Waals surface area contributed by atoms with Crippen LogP contribution in [0.1, 0.15) is 25.7 Å². The Hall–Kier alpha value is -0.930. The number of aryl methyl sites for hydroxylation is 2. The molecule has 0 amide bonds. The number of rotatable bonds is 2. The quantitative estimate of drug-likeness (QED) is 0.752. The number of halogens is 1. The van der Waals surface area contributed by atoms with Gasteiger partial charge >= 0.3 is 0 Å². The monoisotopic (exact) mass is 294 g/mol. The summed E-state index contributed by atoms with van der Waals surface area (Å²) >= 11 is 5.04. The Bertz CT molecular complexity index is 543. The molecule has 0 spiro atoms. The van der Waals surface area contributed by atoms with Gasteiger partial charge in [-0.1, -0.05) is 28.1 Å². The summed E-state index contributed by atoms with van der Waals surface area (Å²) in [5.74, 6) is 0.100. The molecular weight excluding hydrogens is 284 g/mol. The molecule has 0 aliphatic heterocycles. The van der Waals surface area contributed by atoms with Gasteiger partial charge in [0.25, 0.3) is 0 Å². The number of hydrogen-bond acceptors (Lipinski definition) is 2. The van der Waals surface area contributed by atoms with Crippen LogP contribution in [0.4, 0.5) is 0 Å².